The van der Waals surface area contributed by atoms with Crippen LogP contribution >= 0.6 is 0 Å². The van der Waals surface area contributed by atoms with Crippen molar-refractivity contribution in [1.29, 1.82) is 0 Å². The molecule has 128 valence electrons. The molecule has 1 aromatic heterocycles. The van der Waals surface area contributed by atoms with Crippen molar-refractivity contribution >= 4 is 23.4 Å². The summed E-state index contributed by atoms with van der Waals surface area (Å²) in [5, 5.41) is 11.0. The fraction of sp³-hybridized carbons (Fsp3) is 0.222. The Labute approximate surface area is 145 Å². The molecule has 0 unspecified atom stereocenters. The van der Waals surface area contributed by atoms with Crippen LogP contribution in [0, 0.1) is 10.1 Å². The first-order valence-corrected chi connectivity index (χ1v) is 8.00. The zero-order valence-corrected chi connectivity index (χ0v) is 13.6. The summed E-state index contributed by atoms with van der Waals surface area (Å²) in [7, 11) is 0. The third kappa shape index (κ3) is 4.00. The number of piperazine rings is 1. The topological polar surface area (TPSA) is 79.6 Å². The van der Waals surface area contributed by atoms with Crippen molar-refractivity contribution in [2.24, 2.45) is 0 Å². The van der Waals surface area contributed by atoms with E-state index in [0.29, 0.717) is 18.7 Å². The fourth-order valence-corrected chi connectivity index (χ4v) is 2.80. The molecule has 0 bridgehead atoms. The maximum atomic E-state index is 12.3. The van der Waals surface area contributed by atoms with Gasteiger partial charge in [0.15, 0.2) is 0 Å². The van der Waals surface area contributed by atoms with Gasteiger partial charge in [0, 0.05) is 56.4 Å². The average Bonchev–Trinajstić information content (AvgIpc) is 2.67. The molecule has 0 N–H and O–H groups in total. The molecule has 7 heteroatoms. The van der Waals surface area contributed by atoms with Crippen LogP contribution in [0.15, 0.2) is 54.9 Å². The monoisotopic (exact) mass is 338 g/mol. The number of carbonyl (C=O) groups excluding carboxylic acids is 1. The lowest BCUT2D eigenvalue weighted by molar-refractivity contribution is -0.385. The zero-order valence-electron chi connectivity index (χ0n) is 13.6. The maximum absolute atomic E-state index is 12.3. The number of nitro groups is 1. The van der Waals surface area contributed by atoms with E-state index in [2.05, 4.69) is 9.88 Å². The van der Waals surface area contributed by atoms with Crippen LogP contribution in [0.25, 0.3) is 6.08 Å². The maximum Gasteiger partial charge on any atom is 0.276 e. The van der Waals surface area contributed by atoms with Gasteiger partial charge in [-0.25, -0.2) is 0 Å². The second-order valence-corrected chi connectivity index (χ2v) is 5.67. The van der Waals surface area contributed by atoms with Gasteiger partial charge in [-0.05, 0) is 24.3 Å². The van der Waals surface area contributed by atoms with Crippen LogP contribution in [-0.4, -0.2) is 46.9 Å². The average molecular weight is 338 g/mol. The van der Waals surface area contributed by atoms with Gasteiger partial charge in [-0.1, -0.05) is 12.1 Å². The molecule has 3 rings (SSSR count). The van der Waals surface area contributed by atoms with Crippen LogP contribution < -0.4 is 4.90 Å². The first-order chi connectivity index (χ1) is 12.1. The van der Waals surface area contributed by atoms with E-state index in [1.807, 2.05) is 12.1 Å². The van der Waals surface area contributed by atoms with E-state index in [-0.39, 0.29) is 11.6 Å². The minimum Gasteiger partial charge on any atom is -0.368 e. The minimum atomic E-state index is -0.447. The number of hydrogen-bond donors (Lipinski definition) is 0. The highest BCUT2D eigenvalue weighted by atomic mass is 16.6. The Hall–Kier alpha value is -3.22. The summed E-state index contributed by atoms with van der Waals surface area (Å²) >= 11 is 0. The Balaban J connectivity index is 1.61. The van der Waals surface area contributed by atoms with Gasteiger partial charge in [-0.3, -0.25) is 19.9 Å². The van der Waals surface area contributed by atoms with Gasteiger partial charge in [-0.15, -0.1) is 0 Å². The number of rotatable bonds is 4. The lowest BCUT2D eigenvalue weighted by Crippen LogP contribution is -2.48. The molecule has 1 aliphatic heterocycles. The van der Waals surface area contributed by atoms with Gasteiger partial charge in [0.1, 0.15) is 0 Å². The molecular formula is C18H18N4O3. The Kier molecular flexibility index (Phi) is 5.03. The lowest BCUT2D eigenvalue weighted by atomic mass is 10.1. The molecule has 1 aromatic carbocycles. The molecule has 1 saturated heterocycles. The molecule has 1 amide bonds. The van der Waals surface area contributed by atoms with E-state index >= 15 is 0 Å². The van der Waals surface area contributed by atoms with E-state index in [9.17, 15) is 14.9 Å². The molecule has 1 aliphatic rings. The highest BCUT2D eigenvalue weighted by Crippen LogP contribution is 2.19. The van der Waals surface area contributed by atoms with Crippen molar-refractivity contribution in [2.75, 3.05) is 31.1 Å². The number of pyridine rings is 1. The van der Waals surface area contributed by atoms with Crippen molar-refractivity contribution in [2.45, 2.75) is 0 Å². The summed E-state index contributed by atoms with van der Waals surface area (Å²) in [6.07, 6.45) is 6.42. The molecule has 0 radical (unpaired) electrons. The van der Waals surface area contributed by atoms with Crippen LogP contribution in [0.2, 0.25) is 0 Å². The molecular weight excluding hydrogens is 320 g/mol. The van der Waals surface area contributed by atoms with Crippen LogP contribution in [0.1, 0.15) is 5.56 Å². The number of carbonyl (C=O) groups is 1. The summed E-state index contributed by atoms with van der Waals surface area (Å²) in [6.45, 7) is 2.72. The standard InChI is InChI=1S/C18H18N4O3/c23-18(6-5-15-3-1-2-4-17(15)22(24)25)21-13-11-20(12-14-21)16-7-9-19-10-8-16/h1-10H,11-14H2/b6-5+. The summed E-state index contributed by atoms with van der Waals surface area (Å²) in [5.74, 6) is -0.132. The molecule has 7 nitrogen and oxygen atoms in total. The Morgan fingerprint density at radius 3 is 2.44 bits per heavy atom. The molecule has 2 aromatic rings. The SMILES string of the molecule is O=C(/C=C/c1ccccc1[N+](=O)[O-])N1CCN(c2ccncc2)CC1. The molecule has 0 aliphatic carbocycles. The second-order valence-electron chi connectivity index (χ2n) is 5.67. The number of aromatic nitrogens is 1. The number of nitrogens with zero attached hydrogens (tertiary/aromatic N) is 4. The minimum absolute atomic E-state index is 0.00550. The van der Waals surface area contributed by atoms with E-state index in [4.69, 9.17) is 0 Å². The van der Waals surface area contributed by atoms with Gasteiger partial charge in [0.2, 0.25) is 5.91 Å². The Morgan fingerprint density at radius 1 is 1.08 bits per heavy atom. The van der Waals surface area contributed by atoms with Gasteiger partial charge >= 0.3 is 0 Å². The normalized spacial score (nSPS) is 14.7. The van der Waals surface area contributed by atoms with Crippen molar-refractivity contribution in [3.8, 4) is 0 Å². The van der Waals surface area contributed by atoms with Crippen LogP contribution in [0.5, 0.6) is 0 Å². The number of nitro benzene ring substituents is 1. The van der Waals surface area contributed by atoms with Gasteiger partial charge in [0.25, 0.3) is 5.69 Å². The van der Waals surface area contributed by atoms with E-state index < -0.39 is 4.92 Å². The third-order valence-electron chi connectivity index (χ3n) is 4.16. The highest BCUT2D eigenvalue weighted by Gasteiger charge is 2.20. The molecule has 0 atom stereocenters. The highest BCUT2D eigenvalue weighted by molar-refractivity contribution is 5.92. The summed E-state index contributed by atoms with van der Waals surface area (Å²) < 4.78 is 0. The largest absolute Gasteiger partial charge is 0.368 e. The predicted octanol–water partition coefficient (Wildman–Crippen LogP) is 2.35. The van der Waals surface area contributed by atoms with Crippen molar-refractivity contribution in [1.82, 2.24) is 9.88 Å². The zero-order chi connectivity index (χ0) is 17.6. The van der Waals surface area contributed by atoms with E-state index in [0.717, 1.165) is 18.8 Å². The Morgan fingerprint density at radius 2 is 1.76 bits per heavy atom. The van der Waals surface area contributed by atoms with E-state index in [1.165, 1.54) is 18.2 Å². The van der Waals surface area contributed by atoms with Crippen LogP contribution in [-0.2, 0) is 4.79 Å². The number of hydrogen-bond acceptors (Lipinski definition) is 5. The van der Waals surface area contributed by atoms with Crippen LogP contribution in [0.4, 0.5) is 11.4 Å². The summed E-state index contributed by atoms with van der Waals surface area (Å²) in [5.41, 5.74) is 1.52. The first-order valence-electron chi connectivity index (χ1n) is 8.00. The summed E-state index contributed by atoms with van der Waals surface area (Å²) in [6, 6.07) is 10.3. The molecule has 2 heterocycles. The van der Waals surface area contributed by atoms with Crippen molar-refractivity contribution in [3.63, 3.8) is 0 Å². The number of amides is 1. The quantitative estimate of drug-likeness (QED) is 0.486. The van der Waals surface area contributed by atoms with E-state index in [1.54, 1.807) is 35.5 Å². The smallest absolute Gasteiger partial charge is 0.276 e. The van der Waals surface area contributed by atoms with Crippen LogP contribution in [0.3, 0.4) is 0 Å². The third-order valence-corrected chi connectivity index (χ3v) is 4.16. The van der Waals surface area contributed by atoms with Gasteiger partial charge < -0.3 is 9.80 Å². The number of anilines is 1. The molecule has 25 heavy (non-hydrogen) atoms. The molecule has 1 fully saturated rings. The lowest BCUT2D eigenvalue weighted by Gasteiger charge is -2.35. The second kappa shape index (κ2) is 7.57. The first kappa shape index (κ1) is 16.6. The Bertz CT molecular complexity index is 784. The molecule has 0 saturated carbocycles. The fourth-order valence-electron chi connectivity index (χ4n) is 2.80. The van der Waals surface area contributed by atoms with Crippen molar-refractivity contribution in [3.05, 3.63) is 70.5 Å². The molecule has 0 spiro atoms. The van der Waals surface area contributed by atoms with Gasteiger partial charge in [0.05, 0.1) is 10.5 Å². The van der Waals surface area contributed by atoms with Crippen molar-refractivity contribution < 1.29 is 9.72 Å². The van der Waals surface area contributed by atoms with Gasteiger partial charge in [-0.2, -0.15) is 0 Å². The number of para-hydroxylation sites is 1. The summed E-state index contributed by atoms with van der Waals surface area (Å²) in [4.78, 5) is 30.9. The number of benzene rings is 1. The predicted molar refractivity (Wildman–Crippen MR) is 95.2 cm³/mol.